The standard InChI is InChI=1S/C10H14N2S/c1-9(2)6-10(9,8(11)12)7-4-3-5-13-7/h3-5H,6H2,1-2H3,(H3,11,12). The minimum atomic E-state index is -0.152. The molecule has 1 saturated carbocycles. The summed E-state index contributed by atoms with van der Waals surface area (Å²) in [6.45, 7) is 4.35. The first-order valence-electron chi connectivity index (χ1n) is 4.39. The third-order valence-corrected chi connectivity index (χ3v) is 4.17. The van der Waals surface area contributed by atoms with Crippen LogP contribution in [-0.4, -0.2) is 5.84 Å². The Kier molecular flexibility index (Phi) is 1.58. The largest absolute Gasteiger partial charge is 0.387 e. The van der Waals surface area contributed by atoms with Crippen molar-refractivity contribution in [1.29, 1.82) is 5.41 Å². The highest BCUT2D eigenvalue weighted by atomic mass is 32.1. The monoisotopic (exact) mass is 194 g/mol. The van der Waals surface area contributed by atoms with E-state index in [9.17, 15) is 0 Å². The topological polar surface area (TPSA) is 49.9 Å². The number of amidine groups is 1. The lowest BCUT2D eigenvalue weighted by Crippen LogP contribution is -2.31. The predicted octanol–water partition coefficient (Wildman–Crippen LogP) is 2.35. The van der Waals surface area contributed by atoms with Gasteiger partial charge in [-0.1, -0.05) is 19.9 Å². The summed E-state index contributed by atoms with van der Waals surface area (Å²) in [5.41, 5.74) is 5.71. The summed E-state index contributed by atoms with van der Waals surface area (Å²) >= 11 is 1.70. The predicted molar refractivity (Wildman–Crippen MR) is 56.3 cm³/mol. The fourth-order valence-corrected chi connectivity index (χ4v) is 3.27. The van der Waals surface area contributed by atoms with Crippen molar-refractivity contribution in [2.24, 2.45) is 11.1 Å². The van der Waals surface area contributed by atoms with Crippen LogP contribution in [0.25, 0.3) is 0 Å². The Labute approximate surface area is 82.3 Å². The Morgan fingerprint density at radius 3 is 2.54 bits per heavy atom. The number of nitrogens with one attached hydrogen (secondary N) is 1. The molecule has 1 heterocycles. The molecule has 0 amide bonds. The summed E-state index contributed by atoms with van der Waals surface area (Å²) in [5, 5.41) is 9.73. The van der Waals surface area contributed by atoms with Crippen LogP contribution in [0.1, 0.15) is 25.1 Å². The highest BCUT2D eigenvalue weighted by Gasteiger charge is 2.65. The zero-order chi connectivity index (χ0) is 9.69. The van der Waals surface area contributed by atoms with Crippen molar-refractivity contribution in [2.75, 3.05) is 0 Å². The SMILES string of the molecule is CC1(C)CC1(C(=N)N)c1cccs1. The quantitative estimate of drug-likeness (QED) is 0.551. The smallest absolute Gasteiger partial charge is 0.103 e. The molecule has 70 valence electrons. The Morgan fingerprint density at radius 2 is 2.23 bits per heavy atom. The summed E-state index contributed by atoms with van der Waals surface area (Å²) < 4.78 is 0. The van der Waals surface area contributed by atoms with Crippen LogP contribution in [0.5, 0.6) is 0 Å². The van der Waals surface area contributed by atoms with E-state index in [1.165, 1.54) is 4.88 Å². The average Bonchev–Trinajstić information content (AvgIpc) is 2.52. The molecule has 3 heteroatoms. The van der Waals surface area contributed by atoms with E-state index in [1.54, 1.807) is 11.3 Å². The van der Waals surface area contributed by atoms with Crippen LogP contribution in [0.2, 0.25) is 0 Å². The van der Waals surface area contributed by atoms with E-state index in [2.05, 4.69) is 25.3 Å². The molecule has 0 saturated heterocycles. The van der Waals surface area contributed by atoms with Gasteiger partial charge in [-0.2, -0.15) is 0 Å². The summed E-state index contributed by atoms with van der Waals surface area (Å²) in [6.07, 6.45) is 1.01. The Morgan fingerprint density at radius 1 is 1.62 bits per heavy atom. The lowest BCUT2D eigenvalue weighted by molar-refractivity contribution is 0.582. The summed E-state index contributed by atoms with van der Waals surface area (Å²) in [5.74, 6) is 0.319. The zero-order valence-electron chi connectivity index (χ0n) is 7.92. The second-order valence-electron chi connectivity index (χ2n) is 4.36. The minimum Gasteiger partial charge on any atom is -0.387 e. The third kappa shape index (κ3) is 0.967. The van der Waals surface area contributed by atoms with Gasteiger partial charge in [0.05, 0.1) is 5.41 Å². The second-order valence-corrected chi connectivity index (χ2v) is 5.30. The normalized spacial score (nSPS) is 30.0. The van der Waals surface area contributed by atoms with Crippen LogP contribution in [0, 0.1) is 10.8 Å². The molecule has 0 spiro atoms. The molecule has 2 rings (SSSR count). The molecule has 1 aliphatic rings. The van der Waals surface area contributed by atoms with E-state index >= 15 is 0 Å². The van der Waals surface area contributed by atoms with Gasteiger partial charge < -0.3 is 5.73 Å². The molecule has 1 unspecified atom stereocenters. The van der Waals surface area contributed by atoms with Gasteiger partial charge in [-0.15, -0.1) is 11.3 Å². The Bertz CT molecular complexity index is 340. The number of hydrogen-bond acceptors (Lipinski definition) is 2. The summed E-state index contributed by atoms with van der Waals surface area (Å²) in [7, 11) is 0. The Balaban J connectivity index is 2.45. The van der Waals surface area contributed by atoms with Gasteiger partial charge in [-0.3, -0.25) is 5.41 Å². The van der Waals surface area contributed by atoms with Crippen LogP contribution < -0.4 is 5.73 Å². The van der Waals surface area contributed by atoms with Gasteiger partial charge in [0.25, 0.3) is 0 Å². The second kappa shape index (κ2) is 2.35. The summed E-state index contributed by atoms with van der Waals surface area (Å²) in [6, 6.07) is 4.11. The van der Waals surface area contributed by atoms with E-state index < -0.39 is 0 Å². The van der Waals surface area contributed by atoms with Crippen LogP contribution >= 0.6 is 11.3 Å². The van der Waals surface area contributed by atoms with Crippen molar-refractivity contribution in [3.63, 3.8) is 0 Å². The molecule has 1 aliphatic carbocycles. The molecular formula is C10H14N2S. The van der Waals surface area contributed by atoms with Gasteiger partial charge in [0.1, 0.15) is 5.84 Å². The third-order valence-electron chi connectivity index (χ3n) is 3.14. The molecule has 0 aromatic carbocycles. The van der Waals surface area contributed by atoms with E-state index in [1.807, 2.05) is 6.07 Å². The molecule has 1 aromatic rings. The molecule has 3 N–H and O–H groups in total. The molecule has 1 aromatic heterocycles. The van der Waals surface area contributed by atoms with Gasteiger partial charge >= 0.3 is 0 Å². The maximum Gasteiger partial charge on any atom is 0.103 e. The van der Waals surface area contributed by atoms with E-state index in [4.69, 9.17) is 11.1 Å². The van der Waals surface area contributed by atoms with Crippen LogP contribution in [-0.2, 0) is 5.41 Å². The van der Waals surface area contributed by atoms with Crippen molar-refractivity contribution in [1.82, 2.24) is 0 Å². The number of rotatable bonds is 2. The molecule has 0 aliphatic heterocycles. The van der Waals surface area contributed by atoms with Crippen LogP contribution in [0.3, 0.4) is 0 Å². The van der Waals surface area contributed by atoms with Gasteiger partial charge in [0.2, 0.25) is 0 Å². The van der Waals surface area contributed by atoms with E-state index in [0.717, 1.165) is 6.42 Å². The van der Waals surface area contributed by atoms with Gasteiger partial charge in [0, 0.05) is 4.88 Å². The maximum atomic E-state index is 7.68. The number of hydrogen-bond donors (Lipinski definition) is 2. The van der Waals surface area contributed by atoms with Crippen molar-refractivity contribution < 1.29 is 0 Å². The molecule has 2 nitrogen and oxygen atoms in total. The maximum absolute atomic E-state index is 7.68. The first kappa shape index (κ1) is 8.75. The molecular weight excluding hydrogens is 180 g/mol. The van der Waals surface area contributed by atoms with Crippen molar-refractivity contribution in [3.05, 3.63) is 22.4 Å². The number of thiophene rings is 1. The fraction of sp³-hybridized carbons (Fsp3) is 0.500. The average molecular weight is 194 g/mol. The highest BCUT2D eigenvalue weighted by Crippen LogP contribution is 2.65. The first-order chi connectivity index (χ1) is 6.01. The molecule has 1 fully saturated rings. The van der Waals surface area contributed by atoms with Crippen molar-refractivity contribution in [2.45, 2.75) is 25.7 Å². The van der Waals surface area contributed by atoms with Gasteiger partial charge in [-0.05, 0) is 23.3 Å². The molecule has 1 atom stereocenters. The van der Waals surface area contributed by atoms with Gasteiger partial charge in [0.15, 0.2) is 0 Å². The molecule has 0 radical (unpaired) electrons. The zero-order valence-corrected chi connectivity index (χ0v) is 8.74. The summed E-state index contributed by atoms with van der Waals surface area (Å²) in [4.78, 5) is 1.24. The minimum absolute atomic E-state index is 0.152. The first-order valence-corrected chi connectivity index (χ1v) is 5.27. The Hall–Kier alpha value is -0.830. The van der Waals surface area contributed by atoms with Crippen molar-refractivity contribution >= 4 is 17.2 Å². The van der Waals surface area contributed by atoms with Gasteiger partial charge in [-0.25, -0.2) is 0 Å². The fourth-order valence-electron chi connectivity index (χ4n) is 2.15. The molecule has 13 heavy (non-hydrogen) atoms. The molecule has 0 bridgehead atoms. The lowest BCUT2D eigenvalue weighted by Gasteiger charge is -2.16. The van der Waals surface area contributed by atoms with Crippen LogP contribution in [0.15, 0.2) is 17.5 Å². The van der Waals surface area contributed by atoms with Crippen molar-refractivity contribution in [3.8, 4) is 0 Å². The van der Waals surface area contributed by atoms with E-state index in [0.29, 0.717) is 5.84 Å². The highest BCUT2D eigenvalue weighted by molar-refractivity contribution is 7.10. The number of nitrogens with two attached hydrogens (primary N) is 1. The van der Waals surface area contributed by atoms with E-state index in [-0.39, 0.29) is 10.8 Å². The van der Waals surface area contributed by atoms with Crippen LogP contribution in [0.4, 0.5) is 0 Å². The lowest BCUT2D eigenvalue weighted by atomic mass is 9.93.